The zero-order valence-electron chi connectivity index (χ0n) is 12.9. The minimum absolute atomic E-state index is 0.0920. The van der Waals surface area contributed by atoms with Crippen molar-refractivity contribution in [2.24, 2.45) is 11.7 Å². The van der Waals surface area contributed by atoms with Gasteiger partial charge in [-0.05, 0) is 39.7 Å². The molecule has 0 bridgehead atoms. The Morgan fingerprint density at radius 3 is 2.32 bits per heavy atom. The number of aryl methyl sites for hydroxylation is 2. The van der Waals surface area contributed by atoms with Crippen molar-refractivity contribution in [1.29, 1.82) is 5.41 Å². The lowest BCUT2D eigenvalue weighted by Crippen LogP contribution is -2.36. The smallest absolute Gasteiger partial charge is 0.126 e. The van der Waals surface area contributed by atoms with E-state index in [4.69, 9.17) is 11.1 Å². The van der Waals surface area contributed by atoms with E-state index in [-0.39, 0.29) is 5.84 Å². The second-order valence-electron chi connectivity index (χ2n) is 5.80. The minimum Gasteiger partial charge on any atom is -0.384 e. The van der Waals surface area contributed by atoms with Gasteiger partial charge in [-0.1, -0.05) is 13.8 Å². The van der Waals surface area contributed by atoms with E-state index in [1.807, 2.05) is 19.9 Å². The Hall–Kier alpha value is -1.58. The first-order valence-electron chi connectivity index (χ1n) is 6.83. The highest BCUT2D eigenvalue weighted by molar-refractivity contribution is 6.01. The van der Waals surface area contributed by atoms with E-state index in [2.05, 4.69) is 37.6 Å². The second-order valence-corrected chi connectivity index (χ2v) is 5.80. The van der Waals surface area contributed by atoms with E-state index in [9.17, 15) is 0 Å². The fraction of sp³-hybridized carbons (Fsp3) is 0.600. The molecule has 1 aromatic rings. The van der Waals surface area contributed by atoms with Crippen molar-refractivity contribution in [2.75, 3.05) is 11.4 Å². The van der Waals surface area contributed by atoms with Crippen molar-refractivity contribution in [1.82, 2.24) is 4.98 Å². The molecule has 4 nitrogen and oxygen atoms in total. The van der Waals surface area contributed by atoms with Gasteiger partial charge < -0.3 is 10.6 Å². The summed E-state index contributed by atoms with van der Waals surface area (Å²) in [6.45, 7) is 13.6. The predicted molar refractivity (Wildman–Crippen MR) is 82.0 cm³/mol. The van der Waals surface area contributed by atoms with Gasteiger partial charge in [-0.2, -0.15) is 0 Å². The number of anilines is 1. The number of nitrogens with zero attached hydrogens (tertiary/aromatic N) is 2. The van der Waals surface area contributed by atoms with Gasteiger partial charge in [-0.15, -0.1) is 0 Å². The van der Waals surface area contributed by atoms with Crippen LogP contribution >= 0.6 is 0 Å². The molecule has 0 radical (unpaired) electrons. The van der Waals surface area contributed by atoms with E-state index >= 15 is 0 Å². The monoisotopic (exact) mass is 262 g/mol. The number of pyridine rings is 1. The van der Waals surface area contributed by atoms with Crippen LogP contribution in [0.15, 0.2) is 6.07 Å². The van der Waals surface area contributed by atoms with E-state index in [0.717, 1.165) is 29.2 Å². The summed E-state index contributed by atoms with van der Waals surface area (Å²) in [6.07, 6.45) is 0. The minimum atomic E-state index is 0.0920. The third kappa shape index (κ3) is 3.69. The molecule has 1 heterocycles. The van der Waals surface area contributed by atoms with E-state index < -0.39 is 0 Å². The Bertz CT molecular complexity index is 463. The van der Waals surface area contributed by atoms with Crippen LogP contribution in [-0.4, -0.2) is 23.4 Å². The van der Waals surface area contributed by atoms with Crippen LogP contribution in [0, 0.1) is 25.2 Å². The van der Waals surface area contributed by atoms with Crippen molar-refractivity contribution >= 4 is 11.5 Å². The molecule has 0 aromatic carbocycles. The maximum absolute atomic E-state index is 7.82. The van der Waals surface area contributed by atoms with Gasteiger partial charge in [0.2, 0.25) is 0 Å². The Labute approximate surface area is 116 Å². The highest BCUT2D eigenvalue weighted by Gasteiger charge is 2.19. The van der Waals surface area contributed by atoms with Gasteiger partial charge in [0.25, 0.3) is 0 Å². The highest BCUT2D eigenvalue weighted by atomic mass is 15.2. The second kappa shape index (κ2) is 6.04. The standard InChI is InChI=1S/C15H26N4/c1-9(2)8-19(10(3)4)13-7-11(5)18-12(6)14(13)15(16)17/h7,9-10H,8H2,1-6H3,(H3,16,17). The molecule has 1 aromatic heterocycles. The van der Waals surface area contributed by atoms with E-state index in [1.165, 1.54) is 0 Å². The van der Waals surface area contributed by atoms with Gasteiger partial charge in [-0.25, -0.2) is 0 Å². The van der Waals surface area contributed by atoms with Crippen LogP contribution in [0.3, 0.4) is 0 Å². The van der Waals surface area contributed by atoms with E-state index in [1.54, 1.807) is 0 Å². The summed E-state index contributed by atoms with van der Waals surface area (Å²) in [6, 6.07) is 2.40. The first-order valence-corrected chi connectivity index (χ1v) is 6.83. The van der Waals surface area contributed by atoms with Gasteiger partial charge >= 0.3 is 0 Å². The first kappa shape index (κ1) is 15.5. The Kier molecular flexibility index (Phi) is 4.92. The Balaban J connectivity index is 3.39. The van der Waals surface area contributed by atoms with Gasteiger partial charge in [0.15, 0.2) is 0 Å². The third-order valence-corrected chi connectivity index (χ3v) is 3.07. The van der Waals surface area contributed by atoms with Crippen LogP contribution < -0.4 is 10.6 Å². The molecule has 0 aliphatic rings. The molecular formula is C15H26N4. The summed E-state index contributed by atoms with van der Waals surface area (Å²) < 4.78 is 0. The molecular weight excluding hydrogens is 236 g/mol. The van der Waals surface area contributed by atoms with Crippen molar-refractivity contribution in [3.8, 4) is 0 Å². The molecule has 0 atom stereocenters. The fourth-order valence-corrected chi connectivity index (χ4v) is 2.35. The molecule has 0 unspecified atom stereocenters. The molecule has 0 fully saturated rings. The zero-order chi connectivity index (χ0) is 14.7. The summed E-state index contributed by atoms with van der Waals surface area (Å²) in [4.78, 5) is 6.74. The van der Waals surface area contributed by atoms with Crippen LogP contribution in [0.2, 0.25) is 0 Å². The number of rotatable bonds is 5. The molecule has 19 heavy (non-hydrogen) atoms. The van der Waals surface area contributed by atoms with Gasteiger partial charge in [0, 0.05) is 18.3 Å². The molecule has 0 saturated carbocycles. The average molecular weight is 262 g/mol. The quantitative estimate of drug-likeness (QED) is 0.633. The maximum atomic E-state index is 7.82. The molecule has 3 N–H and O–H groups in total. The largest absolute Gasteiger partial charge is 0.384 e. The Morgan fingerprint density at radius 2 is 1.89 bits per heavy atom. The number of hydrogen-bond donors (Lipinski definition) is 2. The number of nitrogens with two attached hydrogens (primary N) is 1. The predicted octanol–water partition coefficient (Wildman–Crippen LogP) is 2.85. The summed E-state index contributed by atoms with van der Waals surface area (Å²) in [5, 5.41) is 7.82. The number of nitrogen functional groups attached to an aromatic ring is 1. The van der Waals surface area contributed by atoms with Crippen LogP contribution in [0.25, 0.3) is 0 Å². The zero-order valence-corrected chi connectivity index (χ0v) is 12.9. The average Bonchev–Trinajstić information content (AvgIpc) is 2.23. The van der Waals surface area contributed by atoms with Crippen LogP contribution in [-0.2, 0) is 0 Å². The molecule has 0 aliphatic carbocycles. The summed E-state index contributed by atoms with van der Waals surface area (Å²) in [7, 11) is 0. The summed E-state index contributed by atoms with van der Waals surface area (Å²) in [5.74, 6) is 0.644. The van der Waals surface area contributed by atoms with Crippen molar-refractivity contribution in [3.05, 3.63) is 23.0 Å². The van der Waals surface area contributed by atoms with Crippen LogP contribution in [0.1, 0.15) is 44.6 Å². The fourth-order valence-electron chi connectivity index (χ4n) is 2.35. The molecule has 0 aliphatic heterocycles. The van der Waals surface area contributed by atoms with Crippen molar-refractivity contribution in [3.63, 3.8) is 0 Å². The third-order valence-electron chi connectivity index (χ3n) is 3.07. The Morgan fingerprint density at radius 1 is 1.32 bits per heavy atom. The van der Waals surface area contributed by atoms with Gasteiger partial charge in [0.1, 0.15) is 5.84 Å². The van der Waals surface area contributed by atoms with E-state index in [0.29, 0.717) is 12.0 Å². The molecule has 1 rings (SSSR count). The summed E-state index contributed by atoms with van der Waals surface area (Å²) >= 11 is 0. The lowest BCUT2D eigenvalue weighted by molar-refractivity contribution is 0.570. The molecule has 0 amide bonds. The molecule has 4 heteroatoms. The lowest BCUT2D eigenvalue weighted by atomic mass is 10.1. The van der Waals surface area contributed by atoms with Crippen molar-refractivity contribution in [2.45, 2.75) is 47.6 Å². The summed E-state index contributed by atoms with van der Waals surface area (Å²) in [5.41, 5.74) is 9.34. The molecule has 0 saturated heterocycles. The normalized spacial score (nSPS) is 11.2. The van der Waals surface area contributed by atoms with Crippen LogP contribution in [0.4, 0.5) is 5.69 Å². The number of aromatic nitrogens is 1. The molecule has 0 spiro atoms. The maximum Gasteiger partial charge on any atom is 0.126 e. The lowest BCUT2D eigenvalue weighted by Gasteiger charge is -2.33. The number of hydrogen-bond acceptors (Lipinski definition) is 3. The topological polar surface area (TPSA) is 66.0 Å². The highest BCUT2D eigenvalue weighted by Crippen LogP contribution is 2.26. The first-order chi connectivity index (χ1) is 8.73. The SMILES string of the molecule is Cc1cc(N(CC(C)C)C(C)C)c(C(=N)N)c(C)n1. The van der Waals surface area contributed by atoms with Crippen LogP contribution in [0.5, 0.6) is 0 Å². The van der Waals surface area contributed by atoms with Gasteiger partial charge in [-0.3, -0.25) is 10.4 Å². The van der Waals surface area contributed by atoms with Gasteiger partial charge in [0.05, 0.1) is 16.9 Å². The van der Waals surface area contributed by atoms with Crippen molar-refractivity contribution < 1.29 is 0 Å². The molecule has 106 valence electrons. The number of amidine groups is 1. The number of nitrogens with one attached hydrogen (secondary N) is 1.